The highest BCUT2D eigenvalue weighted by atomic mass is 32.2. The minimum Gasteiger partial charge on any atom is -0.321 e. The summed E-state index contributed by atoms with van der Waals surface area (Å²) in [6, 6.07) is 11.4. The number of carbonyl (C=O) groups excluding carboxylic acids is 1. The zero-order valence-electron chi connectivity index (χ0n) is 16.3. The van der Waals surface area contributed by atoms with E-state index in [1.54, 1.807) is 24.3 Å². The van der Waals surface area contributed by atoms with E-state index in [0.29, 0.717) is 32.7 Å². The maximum absolute atomic E-state index is 13.1. The molecule has 1 fully saturated rings. The van der Waals surface area contributed by atoms with Crippen LogP contribution in [0, 0.1) is 0 Å². The van der Waals surface area contributed by atoms with Crippen molar-refractivity contribution in [3.63, 3.8) is 0 Å². The molecule has 1 saturated heterocycles. The van der Waals surface area contributed by atoms with E-state index in [0.717, 1.165) is 11.6 Å². The number of halogens is 3. The monoisotopic (exact) mass is 441 g/mol. The first kappa shape index (κ1) is 22.3. The maximum atomic E-state index is 13.1. The number of rotatable bonds is 5. The maximum Gasteiger partial charge on any atom is 0.418 e. The Balaban J connectivity index is 1.61. The lowest BCUT2D eigenvalue weighted by Gasteiger charge is -2.33. The lowest BCUT2D eigenvalue weighted by atomic mass is 10.1. The van der Waals surface area contributed by atoms with Gasteiger partial charge in [0.25, 0.3) is 5.91 Å². The summed E-state index contributed by atoms with van der Waals surface area (Å²) in [6.07, 6.45) is -3.37. The predicted octanol–water partition coefficient (Wildman–Crippen LogP) is 3.03. The van der Waals surface area contributed by atoms with Crippen molar-refractivity contribution in [2.75, 3.05) is 37.8 Å². The fourth-order valence-corrected chi connectivity index (χ4v) is 4.10. The van der Waals surface area contributed by atoms with Gasteiger partial charge in [-0.15, -0.1) is 0 Å². The molecule has 10 heteroatoms. The number of nitrogens with one attached hydrogen (secondary N) is 1. The van der Waals surface area contributed by atoms with Gasteiger partial charge in [0.05, 0.1) is 17.5 Å². The molecule has 0 aromatic heterocycles. The molecule has 0 spiro atoms. The van der Waals surface area contributed by atoms with Gasteiger partial charge in [-0.2, -0.15) is 17.5 Å². The molecule has 0 unspecified atom stereocenters. The van der Waals surface area contributed by atoms with Gasteiger partial charge in [0.15, 0.2) is 0 Å². The van der Waals surface area contributed by atoms with Gasteiger partial charge >= 0.3 is 6.18 Å². The van der Waals surface area contributed by atoms with Crippen molar-refractivity contribution in [3.8, 4) is 0 Å². The summed E-state index contributed by atoms with van der Waals surface area (Å²) in [5.74, 6) is -0.625. The van der Waals surface area contributed by atoms with Crippen LogP contribution >= 0.6 is 0 Å². The van der Waals surface area contributed by atoms with Gasteiger partial charge in [-0.05, 0) is 29.8 Å². The molecular formula is C20H22F3N3O3S. The number of hydrogen-bond acceptors (Lipinski definition) is 4. The van der Waals surface area contributed by atoms with E-state index < -0.39 is 27.7 Å². The highest BCUT2D eigenvalue weighted by Gasteiger charge is 2.33. The number of benzene rings is 2. The third-order valence-corrected chi connectivity index (χ3v) is 6.21. The van der Waals surface area contributed by atoms with E-state index in [2.05, 4.69) is 10.2 Å². The van der Waals surface area contributed by atoms with E-state index >= 15 is 0 Å². The number of piperazine rings is 1. The van der Waals surface area contributed by atoms with Crippen LogP contribution in [0.25, 0.3) is 0 Å². The predicted molar refractivity (Wildman–Crippen MR) is 108 cm³/mol. The van der Waals surface area contributed by atoms with Crippen LogP contribution < -0.4 is 5.32 Å². The summed E-state index contributed by atoms with van der Waals surface area (Å²) in [5.41, 5.74) is -0.0151. The molecule has 2 aromatic carbocycles. The van der Waals surface area contributed by atoms with E-state index in [-0.39, 0.29) is 11.3 Å². The molecular weight excluding hydrogens is 419 g/mol. The van der Waals surface area contributed by atoms with Crippen molar-refractivity contribution in [1.29, 1.82) is 0 Å². The summed E-state index contributed by atoms with van der Waals surface area (Å²) < 4.78 is 63.8. The minimum atomic E-state index is -4.56. The van der Waals surface area contributed by atoms with Crippen LogP contribution in [0.4, 0.5) is 18.9 Å². The highest BCUT2D eigenvalue weighted by Crippen LogP contribution is 2.34. The second-order valence-electron chi connectivity index (χ2n) is 7.13. The zero-order chi connectivity index (χ0) is 21.9. The molecule has 30 heavy (non-hydrogen) atoms. The quantitative estimate of drug-likeness (QED) is 0.775. The molecule has 0 radical (unpaired) electrons. The minimum absolute atomic E-state index is 0.248. The first-order valence-electron chi connectivity index (χ1n) is 9.28. The van der Waals surface area contributed by atoms with Gasteiger partial charge in [0, 0.05) is 38.3 Å². The molecule has 1 N–H and O–H groups in total. The Labute approximate surface area is 173 Å². The summed E-state index contributed by atoms with van der Waals surface area (Å²) in [5, 5.41) is 2.32. The van der Waals surface area contributed by atoms with Crippen LogP contribution in [0.15, 0.2) is 48.5 Å². The van der Waals surface area contributed by atoms with Crippen LogP contribution in [0.3, 0.4) is 0 Å². The van der Waals surface area contributed by atoms with Gasteiger partial charge in [0.1, 0.15) is 0 Å². The van der Waals surface area contributed by atoms with Crippen molar-refractivity contribution in [2.24, 2.45) is 0 Å². The van der Waals surface area contributed by atoms with Crippen molar-refractivity contribution in [2.45, 2.75) is 12.7 Å². The van der Waals surface area contributed by atoms with E-state index in [1.165, 1.54) is 28.8 Å². The summed E-state index contributed by atoms with van der Waals surface area (Å²) >= 11 is 0. The molecule has 3 rings (SSSR count). The SMILES string of the molecule is CS(=O)(=O)N1CCN(Cc2ccc(C(=O)Nc3ccccc3C(F)(F)F)cc2)CC1. The number of amides is 1. The average molecular weight is 441 g/mol. The topological polar surface area (TPSA) is 69.7 Å². The molecule has 1 aliphatic rings. The molecule has 0 saturated carbocycles. The summed E-state index contributed by atoms with van der Waals surface area (Å²) in [7, 11) is -3.18. The largest absolute Gasteiger partial charge is 0.418 e. The fourth-order valence-electron chi connectivity index (χ4n) is 3.27. The number of hydrogen-bond donors (Lipinski definition) is 1. The first-order valence-corrected chi connectivity index (χ1v) is 11.1. The van der Waals surface area contributed by atoms with Crippen LogP contribution in [-0.4, -0.2) is 56.0 Å². The summed E-state index contributed by atoms with van der Waals surface area (Å²) in [6.45, 7) is 2.65. The number of nitrogens with zero attached hydrogens (tertiary/aromatic N) is 2. The molecule has 1 heterocycles. The van der Waals surface area contributed by atoms with Gasteiger partial charge in [-0.1, -0.05) is 24.3 Å². The molecule has 1 aliphatic heterocycles. The number of carbonyl (C=O) groups is 1. The van der Waals surface area contributed by atoms with Crippen molar-refractivity contribution >= 4 is 21.6 Å². The van der Waals surface area contributed by atoms with Crippen LogP contribution in [0.5, 0.6) is 0 Å². The van der Waals surface area contributed by atoms with Crippen LogP contribution in [0.2, 0.25) is 0 Å². The number of alkyl halides is 3. The highest BCUT2D eigenvalue weighted by molar-refractivity contribution is 7.88. The molecule has 6 nitrogen and oxygen atoms in total. The Morgan fingerprint density at radius 2 is 1.60 bits per heavy atom. The molecule has 0 atom stereocenters. The number of anilines is 1. The smallest absolute Gasteiger partial charge is 0.321 e. The first-order chi connectivity index (χ1) is 14.0. The Kier molecular flexibility index (Phi) is 6.49. The van der Waals surface area contributed by atoms with E-state index in [9.17, 15) is 26.4 Å². The Bertz CT molecular complexity index is 1000. The van der Waals surface area contributed by atoms with Crippen molar-refractivity contribution in [1.82, 2.24) is 9.21 Å². The van der Waals surface area contributed by atoms with Gasteiger partial charge < -0.3 is 5.32 Å². The van der Waals surface area contributed by atoms with Crippen LogP contribution in [-0.2, 0) is 22.7 Å². The normalized spacial score (nSPS) is 16.4. The standard InChI is InChI=1S/C20H22F3N3O3S/c1-30(28,29)26-12-10-25(11-13-26)14-15-6-8-16(9-7-15)19(27)24-18-5-3-2-4-17(18)20(21,22)23/h2-9H,10-14H2,1H3,(H,24,27). The Hall–Kier alpha value is -2.43. The Morgan fingerprint density at radius 3 is 2.17 bits per heavy atom. The number of para-hydroxylation sites is 1. The molecule has 1 amide bonds. The van der Waals surface area contributed by atoms with Crippen LogP contribution in [0.1, 0.15) is 21.5 Å². The summed E-state index contributed by atoms with van der Waals surface area (Å²) in [4.78, 5) is 14.5. The van der Waals surface area contributed by atoms with Crippen molar-refractivity contribution < 1.29 is 26.4 Å². The second kappa shape index (κ2) is 8.75. The zero-order valence-corrected chi connectivity index (χ0v) is 17.1. The third kappa shape index (κ3) is 5.59. The van der Waals surface area contributed by atoms with Crippen molar-refractivity contribution in [3.05, 3.63) is 65.2 Å². The molecule has 0 bridgehead atoms. The number of sulfonamides is 1. The molecule has 0 aliphatic carbocycles. The third-order valence-electron chi connectivity index (χ3n) is 4.90. The van der Waals surface area contributed by atoms with Gasteiger partial charge in [-0.3, -0.25) is 9.69 Å². The van der Waals surface area contributed by atoms with E-state index in [1.807, 2.05) is 0 Å². The van der Waals surface area contributed by atoms with Gasteiger partial charge in [0.2, 0.25) is 10.0 Å². The fraction of sp³-hybridized carbons (Fsp3) is 0.350. The van der Waals surface area contributed by atoms with Gasteiger partial charge in [-0.25, -0.2) is 8.42 Å². The molecule has 2 aromatic rings. The lowest BCUT2D eigenvalue weighted by molar-refractivity contribution is -0.136. The Morgan fingerprint density at radius 1 is 1.00 bits per heavy atom. The lowest BCUT2D eigenvalue weighted by Crippen LogP contribution is -2.47. The second-order valence-corrected chi connectivity index (χ2v) is 9.12. The van der Waals surface area contributed by atoms with E-state index in [4.69, 9.17) is 0 Å². The molecule has 162 valence electrons. The average Bonchev–Trinajstić information content (AvgIpc) is 2.68.